The van der Waals surface area contributed by atoms with Crippen LogP contribution in [-0.4, -0.2) is 17.6 Å². The van der Waals surface area contributed by atoms with Crippen molar-refractivity contribution in [3.8, 4) is 0 Å². The molecule has 0 saturated carbocycles. The molecule has 0 aliphatic heterocycles. The van der Waals surface area contributed by atoms with E-state index in [9.17, 15) is 4.79 Å². The van der Waals surface area contributed by atoms with Gasteiger partial charge in [-0.2, -0.15) is 0 Å². The summed E-state index contributed by atoms with van der Waals surface area (Å²) in [6, 6.07) is 7.85. The van der Waals surface area contributed by atoms with Crippen molar-refractivity contribution < 1.29 is 9.53 Å². The average Bonchev–Trinajstić information content (AvgIpc) is 2.36. The number of ether oxygens (including phenoxy) is 1. The Morgan fingerprint density at radius 1 is 1.41 bits per heavy atom. The number of esters is 1. The normalized spacial score (nSPS) is 10.9. The molecule has 86 valence electrons. The van der Waals surface area contributed by atoms with Gasteiger partial charge in [0.05, 0.1) is 6.61 Å². The molecule has 1 aromatic heterocycles. The van der Waals surface area contributed by atoms with Crippen LogP contribution in [0.2, 0.25) is 0 Å². The molecule has 0 aliphatic carbocycles. The fourth-order valence-corrected chi connectivity index (χ4v) is 1.63. The first-order chi connectivity index (χ1) is 8.31. The minimum atomic E-state index is -0.326. The van der Waals surface area contributed by atoms with Crippen LogP contribution in [0.3, 0.4) is 0 Å². The van der Waals surface area contributed by atoms with E-state index >= 15 is 0 Å². The standard InChI is InChI=1S/C14H13NO2/c1-2-17-14(16)7-6-11-4-3-5-12-8-9-15-10-13(11)12/h3-10H,2H2,1H3/b7-6+. The third kappa shape index (κ3) is 2.69. The summed E-state index contributed by atoms with van der Waals surface area (Å²) in [5, 5.41) is 2.13. The molecule has 0 amide bonds. The van der Waals surface area contributed by atoms with E-state index in [0.717, 1.165) is 16.3 Å². The molecule has 2 aromatic rings. The van der Waals surface area contributed by atoms with Crippen LogP contribution < -0.4 is 0 Å². The zero-order valence-electron chi connectivity index (χ0n) is 9.59. The zero-order chi connectivity index (χ0) is 12.1. The molecule has 3 heteroatoms. The Hall–Kier alpha value is -2.16. The van der Waals surface area contributed by atoms with Crippen molar-refractivity contribution >= 4 is 22.8 Å². The minimum absolute atomic E-state index is 0.326. The van der Waals surface area contributed by atoms with Crippen molar-refractivity contribution in [3.05, 3.63) is 48.3 Å². The van der Waals surface area contributed by atoms with Crippen molar-refractivity contribution in [1.82, 2.24) is 4.98 Å². The van der Waals surface area contributed by atoms with E-state index in [1.165, 1.54) is 6.08 Å². The van der Waals surface area contributed by atoms with Gasteiger partial charge in [0.1, 0.15) is 0 Å². The van der Waals surface area contributed by atoms with E-state index in [2.05, 4.69) is 4.98 Å². The number of nitrogens with zero attached hydrogens (tertiary/aromatic N) is 1. The topological polar surface area (TPSA) is 39.2 Å². The molecule has 0 spiro atoms. The van der Waals surface area contributed by atoms with Gasteiger partial charge in [-0.15, -0.1) is 0 Å². The van der Waals surface area contributed by atoms with Gasteiger partial charge in [0.2, 0.25) is 0 Å². The molecule has 0 atom stereocenters. The molecule has 1 heterocycles. The maximum absolute atomic E-state index is 11.2. The van der Waals surface area contributed by atoms with Gasteiger partial charge in [-0.05, 0) is 30.0 Å². The largest absolute Gasteiger partial charge is 0.463 e. The summed E-state index contributed by atoms with van der Waals surface area (Å²) in [5.41, 5.74) is 0.962. The smallest absolute Gasteiger partial charge is 0.330 e. The number of fused-ring (bicyclic) bond motifs is 1. The van der Waals surface area contributed by atoms with Crippen LogP contribution in [0.4, 0.5) is 0 Å². The monoisotopic (exact) mass is 227 g/mol. The van der Waals surface area contributed by atoms with Gasteiger partial charge in [-0.3, -0.25) is 4.98 Å². The van der Waals surface area contributed by atoms with Crippen LogP contribution in [0.25, 0.3) is 16.8 Å². The average molecular weight is 227 g/mol. The SMILES string of the molecule is CCOC(=O)/C=C/c1cccc2ccncc12. The van der Waals surface area contributed by atoms with Crippen LogP contribution >= 0.6 is 0 Å². The molecule has 17 heavy (non-hydrogen) atoms. The molecular formula is C14H13NO2. The summed E-state index contributed by atoms with van der Waals surface area (Å²) >= 11 is 0. The fourth-order valence-electron chi connectivity index (χ4n) is 1.63. The third-order valence-corrected chi connectivity index (χ3v) is 2.40. The predicted molar refractivity (Wildman–Crippen MR) is 67.4 cm³/mol. The Kier molecular flexibility index (Phi) is 3.50. The summed E-state index contributed by atoms with van der Waals surface area (Å²) in [6.07, 6.45) is 6.73. The quantitative estimate of drug-likeness (QED) is 0.598. The Morgan fingerprint density at radius 3 is 3.12 bits per heavy atom. The lowest BCUT2D eigenvalue weighted by atomic mass is 10.1. The van der Waals surface area contributed by atoms with Crippen LogP contribution in [0.1, 0.15) is 12.5 Å². The zero-order valence-corrected chi connectivity index (χ0v) is 9.59. The molecule has 0 aliphatic rings. The van der Waals surface area contributed by atoms with E-state index in [-0.39, 0.29) is 5.97 Å². The molecule has 0 bridgehead atoms. The second kappa shape index (κ2) is 5.25. The van der Waals surface area contributed by atoms with Crippen molar-refractivity contribution in [2.45, 2.75) is 6.92 Å². The molecular weight excluding hydrogens is 214 g/mol. The highest BCUT2D eigenvalue weighted by Crippen LogP contribution is 2.18. The van der Waals surface area contributed by atoms with Crippen LogP contribution in [0, 0.1) is 0 Å². The summed E-state index contributed by atoms with van der Waals surface area (Å²) < 4.78 is 4.83. The Balaban J connectivity index is 2.33. The van der Waals surface area contributed by atoms with Gasteiger partial charge < -0.3 is 4.74 Å². The number of rotatable bonds is 3. The Bertz CT molecular complexity index is 556. The fraction of sp³-hybridized carbons (Fsp3) is 0.143. The van der Waals surface area contributed by atoms with Crippen molar-refractivity contribution in [2.75, 3.05) is 6.61 Å². The summed E-state index contributed by atoms with van der Waals surface area (Å²) in [4.78, 5) is 15.3. The predicted octanol–water partition coefficient (Wildman–Crippen LogP) is 2.81. The van der Waals surface area contributed by atoms with Gasteiger partial charge in [0.15, 0.2) is 0 Å². The van der Waals surface area contributed by atoms with Gasteiger partial charge in [0, 0.05) is 23.9 Å². The highest BCUT2D eigenvalue weighted by atomic mass is 16.5. The maximum atomic E-state index is 11.2. The summed E-state index contributed by atoms with van der Waals surface area (Å²) in [7, 11) is 0. The number of carbonyl (C=O) groups excluding carboxylic acids is 1. The molecule has 0 fully saturated rings. The Labute approximate surface area is 99.7 Å². The number of pyridine rings is 1. The molecule has 2 rings (SSSR count). The van der Waals surface area contributed by atoms with Crippen molar-refractivity contribution in [2.24, 2.45) is 0 Å². The molecule has 3 nitrogen and oxygen atoms in total. The van der Waals surface area contributed by atoms with E-state index in [1.807, 2.05) is 24.3 Å². The summed E-state index contributed by atoms with van der Waals surface area (Å²) in [5.74, 6) is -0.326. The second-order valence-corrected chi connectivity index (χ2v) is 3.53. The van der Waals surface area contributed by atoms with Gasteiger partial charge in [-0.25, -0.2) is 4.79 Å². The lowest BCUT2D eigenvalue weighted by Gasteiger charge is -2.01. The number of benzene rings is 1. The first-order valence-corrected chi connectivity index (χ1v) is 5.49. The molecule has 1 aromatic carbocycles. The molecule has 0 radical (unpaired) electrons. The molecule has 0 saturated heterocycles. The van der Waals surface area contributed by atoms with E-state index in [4.69, 9.17) is 4.74 Å². The third-order valence-electron chi connectivity index (χ3n) is 2.40. The molecule has 0 unspecified atom stereocenters. The van der Waals surface area contributed by atoms with Gasteiger partial charge in [0.25, 0.3) is 0 Å². The number of hydrogen-bond donors (Lipinski definition) is 0. The van der Waals surface area contributed by atoms with E-state index in [0.29, 0.717) is 6.61 Å². The highest BCUT2D eigenvalue weighted by Gasteiger charge is 1.98. The number of aromatic nitrogens is 1. The van der Waals surface area contributed by atoms with E-state index in [1.54, 1.807) is 25.4 Å². The van der Waals surface area contributed by atoms with Crippen LogP contribution in [0.5, 0.6) is 0 Å². The molecule has 0 N–H and O–H groups in total. The van der Waals surface area contributed by atoms with Crippen LogP contribution in [0.15, 0.2) is 42.7 Å². The highest BCUT2D eigenvalue weighted by molar-refractivity contribution is 5.94. The van der Waals surface area contributed by atoms with Gasteiger partial charge >= 0.3 is 5.97 Å². The first-order valence-electron chi connectivity index (χ1n) is 5.49. The van der Waals surface area contributed by atoms with Crippen molar-refractivity contribution in [1.29, 1.82) is 0 Å². The second-order valence-electron chi connectivity index (χ2n) is 3.53. The summed E-state index contributed by atoms with van der Waals surface area (Å²) in [6.45, 7) is 2.17. The lowest BCUT2D eigenvalue weighted by molar-refractivity contribution is -0.137. The Morgan fingerprint density at radius 2 is 2.29 bits per heavy atom. The number of hydrogen-bond acceptors (Lipinski definition) is 3. The first kappa shape index (κ1) is 11.3. The van der Waals surface area contributed by atoms with Crippen molar-refractivity contribution in [3.63, 3.8) is 0 Å². The minimum Gasteiger partial charge on any atom is -0.463 e. The van der Waals surface area contributed by atoms with Crippen LogP contribution in [-0.2, 0) is 9.53 Å². The maximum Gasteiger partial charge on any atom is 0.330 e. The lowest BCUT2D eigenvalue weighted by Crippen LogP contribution is -1.98. The van der Waals surface area contributed by atoms with Gasteiger partial charge in [-0.1, -0.05) is 18.2 Å². The number of carbonyl (C=O) groups is 1. The van der Waals surface area contributed by atoms with E-state index < -0.39 is 0 Å².